The van der Waals surface area contributed by atoms with Crippen LogP contribution >= 0.6 is 0 Å². The van der Waals surface area contributed by atoms with E-state index >= 15 is 0 Å². The molecule has 0 aliphatic carbocycles. The summed E-state index contributed by atoms with van der Waals surface area (Å²) in [6, 6.07) is 7.24. The first-order chi connectivity index (χ1) is 48.6. The number of β-amino-alcohol motifs (C(OH)–C–C–N with tert-alkyl or cyclic N) is 1. The Bertz CT molecular complexity index is 1980. The third-order valence-electron chi connectivity index (χ3n) is 27.1. The Morgan fingerprint density at radius 3 is 1.01 bits per heavy atom. The quantitative estimate of drug-likeness (QED) is 0.115. The first-order valence-electron chi connectivity index (χ1n) is 41.9. The zero-order valence-corrected chi connectivity index (χ0v) is 68.5. The Hall–Kier alpha value is -0.840. The highest BCUT2D eigenvalue weighted by atomic mass is 16.3. The van der Waals surface area contributed by atoms with Crippen LogP contribution in [0.1, 0.15) is 167 Å². The minimum Gasteiger partial charge on any atom is -0.395 e. The number of nitrogens with one attached hydrogen (secondary N) is 1. The number of aliphatic hydroxyl groups excluding tert-OH is 5. The lowest BCUT2D eigenvalue weighted by Gasteiger charge is -2.31. The topological polar surface area (TPSA) is 162 Å². The maximum Gasteiger partial charge on any atom is 0.0595 e. The highest BCUT2D eigenvalue weighted by molar-refractivity contribution is 4.97. The van der Waals surface area contributed by atoms with Crippen molar-refractivity contribution in [1.82, 2.24) is 78.8 Å². The number of piperazine rings is 1. The molecule has 15 atom stereocenters. The summed E-state index contributed by atoms with van der Waals surface area (Å²) in [6.07, 6.45) is 34.2. The van der Waals surface area contributed by atoms with E-state index in [-0.39, 0.29) is 50.6 Å². The van der Waals surface area contributed by atoms with E-state index in [0.717, 1.165) is 118 Å². The molecule has 596 valence electrons. The highest BCUT2D eigenvalue weighted by Gasteiger charge is 2.40. The van der Waals surface area contributed by atoms with Crippen LogP contribution in [0.3, 0.4) is 0 Å². The zero-order chi connectivity index (χ0) is 73.4. The summed E-state index contributed by atoms with van der Waals surface area (Å²) < 4.78 is 0. The number of likely N-dealkylation sites (N-methyl/N-ethyl adjacent to an activating group) is 7. The summed E-state index contributed by atoms with van der Waals surface area (Å²) in [5.74, 6) is 2.96. The standard InChI is InChI=1S/2C11H22N2.2C10H20N2.C9H20N2.C8H16N2.C7H16N2O.2C7H15NO2/c1-12-5-3-10(8-12)7-11-4-6-13(2)9-11;1-12-7-3-5-10(12)9-11-6-4-8-13(11)2;1-11-7-3-5-9(11)10-6-4-8-12(10)2;1-11-7-5-9(8-11)10-4-3-6-12(10)2;1-3-4-7-10-9-6-5-8-11(9)2;1-9-5-3-8-7(9)4-6-10(8)2;1-8-2-4-9(5-3-8)6-7-10;2*1-8-6(4-9)2-3-7(8)5-10/h2*10-11H,3-9H2,1-2H3;2*9-10H,3-8H2,1-2H3;9-10H,3-8H2,1-2H3;7-8H,3-6H2,1-2H3;10H,2-7H2,1H3;2*6-7,9-10H,2-5H2,1H3. The van der Waals surface area contributed by atoms with Crippen molar-refractivity contribution < 1.29 is 25.5 Å². The third kappa shape index (κ3) is 30.2. The van der Waals surface area contributed by atoms with E-state index < -0.39 is 0 Å². The molecular weight excluding hydrogens is 1260 g/mol. The van der Waals surface area contributed by atoms with E-state index in [1.54, 1.807) is 0 Å². The molecule has 14 aliphatic rings. The summed E-state index contributed by atoms with van der Waals surface area (Å²) in [5.41, 5.74) is 0. The largest absolute Gasteiger partial charge is 0.395 e. The number of hydrogen-bond acceptors (Lipinski definition) is 21. The lowest BCUT2D eigenvalue weighted by atomic mass is 9.93. The van der Waals surface area contributed by atoms with Crippen LogP contribution in [0.25, 0.3) is 0 Å². The Labute approximate surface area is 621 Å². The van der Waals surface area contributed by atoms with Gasteiger partial charge in [-0.05, 0) is 349 Å². The Morgan fingerprint density at radius 1 is 0.307 bits per heavy atom. The van der Waals surface area contributed by atoms with Gasteiger partial charge in [-0.3, -0.25) is 19.6 Å². The van der Waals surface area contributed by atoms with E-state index in [2.05, 4.69) is 170 Å². The average molecular weight is 1430 g/mol. The van der Waals surface area contributed by atoms with Gasteiger partial charge in [0.15, 0.2) is 0 Å². The molecule has 0 saturated carbocycles. The molecule has 101 heavy (non-hydrogen) atoms. The van der Waals surface area contributed by atoms with Gasteiger partial charge in [-0.25, -0.2) is 0 Å². The van der Waals surface area contributed by atoms with Crippen molar-refractivity contribution >= 4 is 0 Å². The van der Waals surface area contributed by atoms with Gasteiger partial charge >= 0.3 is 0 Å². The molecule has 6 N–H and O–H groups in total. The summed E-state index contributed by atoms with van der Waals surface area (Å²) in [7, 11) is 30.9. The van der Waals surface area contributed by atoms with Gasteiger partial charge in [0.2, 0.25) is 0 Å². The molecular formula is C80H166N16O5. The van der Waals surface area contributed by atoms with Gasteiger partial charge in [0.25, 0.3) is 0 Å². The van der Waals surface area contributed by atoms with Crippen molar-refractivity contribution in [3.8, 4) is 0 Å². The zero-order valence-electron chi connectivity index (χ0n) is 68.5. The first-order valence-corrected chi connectivity index (χ1v) is 41.9. The van der Waals surface area contributed by atoms with Gasteiger partial charge in [0.1, 0.15) is 0 Å². The van der Waals surface area contributed by atoms with Crippen molar-refractivity contribution in [2.75, 3.05) is 263 Å². The summed E-state index contributed by atoms with van der Waals surface area (Å²) in [5, 5.41) is 47.5. The molecule has 14 aliphatic heterocycles. The van der Waals surface area contributed by atoms with E-state index in [1.165, 1.54) is 233 Å². The smallest absolute Gasteiger partial charge is 0.0595 e. The Balaban J connectivity index is 0.000000179. The van der Waals surface area contributed by atoms with Crippen LogP contribution in [-0.4, -0.2) is 434 Å². The molecule has 0 radical (unpaired) electrons. The predicted molar refractivity (Wildman–Crippen MR) is 423 cm³/mol. The minimum absolute atomic E-state index is 0.215. The number of hydrogen-bond donors (Lipinski definition) is 6. The second-order valence-corrected chi connectivity index (χ2v) is 34.6. The maximum atomic E-state index is 8.83. The van der Waals surface area contributed by atoms with Crippen LogP contribution in [0, 0.1) is 17.8 Å². The molecule has 0 spiro atoms. The van der Waals surface area contributed by atoms with Crippen LogP contribution in [-0.2, 0) is 0 Å². The average Bonchev–Trinajstić information content (AvgIpc) is 1.69. The fourth-order valence-electron chi connectivity index (χ4n) is 19.7. The van der Waals surface area contributed by atoms with Crippen LogP contribution in [0.5, 0.6) is 0 Å². The van der Waals surface area contributed by atoms with Crippen LogP contribution < -0.4 is 5.32 Å². The summed E-state index contributed by atoms with van der Waals surface area (Å²) in [6.45, 7) is 28.4. The molecule has 14 fully saturated rings. The Kier molecular flexibility index (Phi) is 42.9. The molecule has 14 heterocycles. The normalized spacial score (nSPS) is 35.3. The predicted octanol–water partition coefficient (Wildman–Crippen LogP) is 4.97. The number of fused-ring (bicyclic) bond motifs is 1. The lowest BCUT2D eigenvalue weighted by Crippen LogP contribution is -2.45. The van der Waals surface area contributed by atoms with Gasteiger partial charge < -0.3 is 84.7 Å². The van der Waals surface area contributed by atoms with Crippen LogP contribution in [0.2, 0.25) is 0 Å². The van der Waals surface area contributed by atoms with Crippen molar-refractivity contribution in [1.29, 1.82) is 0 Å². The monoisotopic (exact) mass is 1430 g/mol. The van der Waals surface area contributed by atoms with E-state index in [1.807, 2.05) is 14.1 Å². The minimum atomic E-state index is 0.215. The van der Waals surface area contributed by atoms with E-state index in [9.17, 15) is 0 Å². The molecule has 0 aromatic heterocycles. The molecule has 0 bridgehead atoms. The van der Waals surface area contributed by atoms with Crippen molar-refractivity contribution in [3.05, 3.63) is 0 Å². The van der Waals surface area contributed by atoms with E-state index in [0.29, 0.717) is 12.8 Å². The second kappa shape index (κ2) is 48.6. The molecule has 15 unspecified atom stereocenters. The van der Waals surface area contributed by atoms with Crippen molar-refractivity contribution in [3.63, 3.8) is 0 Å². The van der Waals surface area contributed by atoms with E-state index in [4.69, 9.17) is 25.5 Å². The van der Waals surface area contributed by atoms with Gasteiger partial charge in [-0.1, -0.05) is 13.3 Å². The number of nitrogens with zero attached hydrogens (tertiary/aromatic N) is 15. The van der Waals surface area contributed by atoms with Gasteiger partial charge in [-0.15, -0.1) is 0 Å². The van der Waals surface area contributed by atoms with Crippen molar-refractivity contribution in [2.45, 2.75) is 240 Å². The molecule has 14 saturated heterocycles. The number of likely N-dealkylation sites (tertiary alicyclic amines) is 13. The lowest BCUT2D eigenvalue weighted by molar-refractivity contribution is 0.120. The SMILES string of the molecule is CCCCNC1CCCN1C.CN1C(CO)CCC1CO.CN1C(CO)CCC1CO.CN1CCC(C2CCCN2C)C1.CN1CCC(CC2CCN(C)C2)C1.CN1CCC2C1CCN2C.CN1CCCC1C1CCCN1C.CN1CCCC1CC1CCCN1C.CN1CCN(CCO)CC1. The molecule has 21 heteroatoms. The van der Waals surface area contributed by atoms with Crippen LogP contribution in [0.15, 0.2) is 0 Å². The van der Waals surface area contributed by atoms with Gasteiger partial charge in [0, 0.05) is 119 Å². The van der Waals surface area contributed by atoms with Crippen molar-refractivity contribution in [2.24, 2.45) is 17.8 Å². The second-order valence-electron chi connectivity index (χ2n) is 34.6. The molecule has 21 nitrogen and oxygen atoms in total. The molecule has 0 aromatic carbocycles. The van der Waals surface area contributed by atoms with Gasteiger partial charge in [0.05, 0.1) is 39.2 Å². The van der Waals surface area contributed by atoms with Gasteiger partial charge in [-0.2, -0.15) is 0 Å². The fourth-order valence-corrected chi connectivity index (χ4v) is 19.7. The number of rotatable bonds is 16. The fraction of sp³-hybridized carbons (Fsp3) is 1.00. The summed E-state index contributed by atoms with van der Waals surface area (Å²) >= 11 is 0. The molecule has 0 aromatic rings. The first kappa shape index (κ1) is 89.1. The Morgan fingerprint density at radius 2 is 0.683 bits per heavy atom. The molecule has 14 rings (SSSR count). The van der Waals surface area contributed by atoms with Crippen LogP contribution in [0.4, 0.5) is 0 Å². The maximum absolute atomic E-state index is 8.83. The highest BCUT2D eigenvalue weighted by Crippen LogP contribution is 2.33. The number of unbranched alkanes of at least 4 members (excludes halogenated alkanes) is 1. The summed E-state index contributed by atoms with van der Waals surface area (Å²) in [4.78, 5) is 36.3. The molecule has 0 amide bonds. The third-order valence-corrected chi connectivity index (χ3v) is 27.1. The number of aliphatic hydroxyl groups is 5.